The van der Waals surface area contributed by atoms with E-state index in [0.29, 0.717) is 5.69 Å². The van der Waals surface area contributed by atoms with Gasteiger partial charge in [-0.1, -0.05) is 0 Å². The second-order valence-electron chi connectivity index (χ2n) is 5.13. The zero-order chi connectivity index (χ0) is 17.7. The van der Waals surface area contributed by atoms with Crippen molar-refractivity contribution < 1.29 is 19.7 Å². The van der Waals surface area contributed by atoms with Gasteiger partial charge in [0.25, 0.3) is 5.91 Å². The number of benzene rings is 1. The summed E-state index contributed by atoms with van der Waals surface area (Å²) in [5.41, 5.74) is 7.72. The van der Waals surface area contributed by atoms with E-state index in [-0.39, 0.29) is 18.1 Å². The van der Waals surface area contributed by atoms with Crippen LogP contribution in [0.2, 0.25) is 0 Å². The van der Waals surface area contributed by atoms with Crippen LogP contribution in [-0.2, 0) is 0 Å². The first-order valence-electron chi connectivity index (χ1n) is 7.16. The lowest BCUT2D eigenvalue weighted by molar-refractivity contribution is 0.0523. The number of pyridine rings is 1. The molecular formula is C16H18IN3O4. The molecule has 0 radical (unpaired) electrons. The summed E-state index contributed by atoms with van der Waals surface area (Å²) < 4.78 is 6.51. The molecule has 5 N–H and O–H groups in total. The predicted octanol–water partition coefficient (Wildman–Crippen LogP) is 1.57. The van der Waals surface area contributed by atoms with Crippen LogP contribution < -0.4 is 15.8 Å². The molecule has 1 heterocycles. The van der Waals surface area contributed by atoms with Crippen LogP contribution in [0.5, 0.6) is 5.88 Å². The number of halogens is 1. The van der Waals surface area contributed by atoms with Gasteiger partial charge in [0, 0.05) is 15.5 Å². The maximum absolute atomic E-state index is 11.7. The number of carbonyl (C=O) groups is 1. The fourth-order valence-corrected chi connectivity index (χ4v) is 2.65. The highest BCUT2D eigenvalue weighted by Crippen LogP contribution is 2.31. The minimum absolute atomic E-state index is 0.122. The number of hydrogen-bond acceptors (Lipinski definition) is 6. The first-order valence-corrected chi connectivity index (χ1v) is 8.24. The largest absolute Gasteiger partial charge is 0.473 e. The molecule has 0 aliphatic carbocycles. The summed E-state index contributed by atoms with van der Waals surface area (Å²) in [5.74, 6) is -0.507. The molecule has 0 saturated heterocycles. The van der Waals surface area contributed by atoms with Gasteiger partial charge >= 0.3 is 0 Å². The molecule has 0 bridgehead atoms. The van der Waals surface area contributed by atoms with Crippen molar-refractivity contribution >= 4 is 39.9 Å². The number of aryl methyl sites for hydroxylation is 1. The third-order valence-corrected chi connectivity index (χ3v) is 3.92. The topological polar surface area (TPSA) is 118 Å². The fraction of sp³-hybridized carbons (Fsp3) is 0.250. The molecule has 1 aromatic carbocycles. The standard InChI is InChI=1S/C16H18IN3O4/c1-9-6-10(17)2-3-13(9)20-14-12(15(18)23)4-5-19-16(14)24-8-11(22)7-21/h2-6,11,20-22H,7-8H2,1H3,(H2,18,23)/t11-/m0/s1. The number of hydrogen-bond donors (Lipinski definition) is 4. The summed E-state index contributed by atoms with van der Waals surface area (Å²) in [6, 6.07) is 7.27. The van der Waals surface area contributed by atoms with Crippen LogP contribution in [0.1, 0.15) is 15.9 Å². The van der Waals surface area contributed by atoms with Crippen molar-refractivity contribution in [3.63, 3.8) is 0 Å². The number of ether oxygens (including phenoxy) is 1. The van der Waals surface area contributed by atoms with E-state index in [1.165, 1.54) is 12.3 Å². The Morgan fingerprint density at radius 1 is 1.46 bits per heavy atom. The van der Waals surface area contributed by atoms with E-state index in [4.69, 9.17) is 15.6 Å². The summed E-state index contributed by atoms with van der Waals surface area (Å²) in [5, 5.41) is 21.4. The normalized spacial score (nSPS) is 11.8. The molecule has 128 valence electrons. The van der Waals surface area contributed by atoms with Crippen molar-refractivity contribution in [1.82, 2.24) is 4.98 Å². The summed E-state index contributed by atoms with van der Waals surface area (Å²) in [6.07, 6.45) is 0.351. The minimum atomic E-state index is -1.04. The predicted molar refractivity (Wildman–Crippen MR) is 98.5 cm³/mol. The zero-order valence-electron chi connectivity index (χ0n) is 13.0. The van der Waals surface area contributed by atoms with Crippen LogP contribution in [0.4, 0.5) is 11.4 Å². The van der Waals surface area contributed by atoms with Gasteiger partial charge in [-0.25, -0.2) is 4.98 Å². The molecule has 24 heavy (non-hydrogen) atoms. The van der Waals surface area contributed by atoms with Gasteiger partial charge < -0.3 is 26.0 Å². The van der Waals surface area contributed by atoms with E-state index in [0.717, 1.165) is 14.8 Å². The highest BCUT2D eigenvalue weighted by Gasteiger charge is 2.17. The average molecular weight is 443 g/mol. The van der Waals surface area contributed by atoms with Gasteiger partial charge in [0.15, 0.2) is 0 Å². The van der Waals surface area contributed by atoms with Crippen LogP contribution in [0.25, 0.3) is 0 Å². The number of nitrogens with zero attached hydrogens (tertiary/aromatic N) is 1. The first kappa shape index (κ1) is 18.4. The Kier molecular flexibility index (Phi) is 6.35. The SMILES string of the molecule is Cc1cc(I)ccc1Nc1c(C(N)=O)ccnc1OC[C@@H](O)CO. The molecule has 0 spiro atoms. The molecule has 1 atom stereocenters. The van der Waals surface area contributed by atoms with Crippen molar-refractivity contribution in [2.24, 2.45) is 5.73 Å². The number of primary amides is 1. The molecule has 1 amide bonds. The number of rotatable bonds is 7. The number of aliphatic hydroxyl groups is 2. The van der Waals surface area contributed by atoms with E-state index in [1.54, 1.807) is 0 Å². The molecule has 1 aromatic heterocycles. The lowest BCUT2D eigenvalue weighted by atomic mass is 10.1. The molecule has 0 saturated carbocycles. The van der Waals surface area contributed by atoms with Crippen molar-refractivity contribution in [3.8, 4) is 5.88 Å². The highest BCUT2D eigenvalue weighted by atomic mass is 127. The van der Waals surface area contributed by atoms with Crippen molar-refractivity contribution in [1.29, 1.82) is 0 Å². The van der Waals surface area contributed by atoms with Gasteiger partial charge in [-0.3, -0.25) is 4.79 Å². The number of anilines is 2. The van der Waals surface area contributed by atoms with E-state index in [9.17, 15) is 9.90 Å². The van der Waals surface area contributed by atoms with Gasteiger partial charge in [-0.15, -0.1) is 0 Å². The van der Waals surface area contributed by atoms with Gasteiger partial charge in [0.05, 0.1) is 12.2 Å². The second kappa shape index (κ2) is 8.27. The van der Waals surface area contributed by atoms with Gasteiger partial charge in [-0.2, -0.15) is 0 Å². The minimum Gasteiger partial charge on any atom is -0.473 e. The molecule has 0 aliphatic rings. The van der Waals surface area contributed by atoms with Crippen LogP contribution in [0.3, 0.4) is 0 Å². The van der Waals surface area contributed by atoms with E-state index < -0.39 is 18.6 Å². The lowest BCUT2D eigenvalue weighted by Gasteiger charge is -2.17. The maximum Gasteiger partial charge on any atom is 0.251 e. The van der Waals surface area contributed by atoms with Crippen molar-refractivity contribution in [2.75, 3.05) is 18.5 Å². The number of amides is 1. The van der Waals surface area contributed by atoms with E-state index >= 15 is 0 Å². The third-order valence-electron chi connectivity index (χ3n) is 3.25. The van der Waals surface area contributed by atoms with Crippen LogP contribution >= 0.6 is 22.6 Å². The van der Waals surface area contributed by atoms with E-state index in [1.807, 2.05) is 25.1 Å². The Morgan fingerprint density at radius 3 is 2.83 bits per heavy atom. The smallest absolute Gasteiger partial charge is 0.251 e. The lowest BCUT2D eigenvalue weighted by Crippen LogP contribution is -2.22. The Balaban J connectivity index is 2.39. The summed E-state index contributed by atoms with van der Waals surface area (Å²) in [4.78, 5) is 15.8. The third kappa shape index (κ3) is 4.56. The van der Waals surface area contributed by atoms with Crippen molar-refractivity contribution in [2.45, 2.75) is 13.0 Å². The first-order chi connectivity index (χ1) is 11.4. The molecule has 8 heteroatoms. The molecule has 7 nitrogen and oxygen atoms in total. The molecule has 2 rings (SSSR count). The van der Waals surface area contributed by atoms with Crippen LogP contribution in [-0.4, -0.2) is 40.4 Å². The van der Waals surface area contributed by atoms with Crippen molar-refractivity contribution in [3.05, 3.63) is 45.2 Å². The van der Waals surface area contributed by atoms with Gasteiger partial charge in [0.2, 0.25) is 5.88 Å². The quantitative estimate of drug-likeness (QED) is 0.483. The Morgan fingerprint density at radius 2 is 2.21 bits per heavy atom. The number of nitrogens with one attached hydrogen (secondary N) is 1. The second-order valence-corrected chi connectivity index (χ2v) is 6.38. The Bertz CT molecular complexity index is 739. The molecule has 0 fully saturated rings. The molecule has 0 aliphatic heterocycles. The molecule has 0 unspecified atom stereocenters. The molecular weight excluding hydrogens is 425 g/mol. The zero-order valence-corrected chi connectivity index (χ0v) is 15.1. The maximum atomic E-state index is 11.7. The monoisotopic (exact) mass is 443 g/mol. The van der Waals surface area contributed by atoms with Gasteiger partial charge in [-0.05, 0) is 59.3 Å². The average Bonchev–Trinajstić information content (AvgIpc) is 2.55. The summed E-state index contributed by atoms with van der Waals surface area (Å²) >= 11 is 2.21. The number of aliphatic hydroxyl groups excluding tert-OH is 2. The van der Waals surface area contributed by atoms with Crippen LogP contribution in [0, 0.1) is 10.5 Å². The summed E-state index contributed by atoms with van der Waals surface area (Å²) in [6.45, 7) is 1.33. The fourth-order valence-electron chi connectivity index (χ4n) is 2.01. The highest BCUT2D eigenvalue weighted by molar-refractivity contribution is 14.1. The van der Waals surface area contributed by atoms with Gasteiger partial charge in [0.1, 0.15) is 18.4 Å². The Labute approximate surface area is 153 Å². The Hall–Kier alpha value is -1.91. The number of aromatic nitrogens is 1. The van der Waals surface area contributed by atoms with Crippen LogP contribution in [0.15, 0.2) is 30.5 Å². The molecule has 2 aromatic rings. The summed E-state index contributed by atoms with van der Waals surface area (Å²) in [7, 11) is 0. The van der Waals surface area contributed by atoms with E-state index in [2.05, 4.69) is 32.9 Å². The number of carbonyl (C=O) groups excluding carboxylic acids is 1. The number of nitrogens with two attached hydrogens (primary N) is 1.